The molecule has 3 rings (SSSR count). The molecule has 0 aliphatic carbocycles. The average molecular weight is 330 g/mol. The highest BCUT2D eigenvalue weighted by molar-refractivity contribution is 5.89. The SMILES string of the molecule is Cc1c(C#N)c(-c2ccc(C#N)cc2)c(C)n1CC1=NC(CO)=CC1. The van der Waals surface area contributed by atoms with Crippen molar-refractivity contribution in [1.29, 1.82) is 10.5 Å². The van der Waals surface area contributed by atoms with Gasteiger partial charge in [0.2, 0.25) is 0 Å². The maximum absolute atomic E-state index is 9.65. The number of allylic oxidation sites excluding steroid dienone is 1. The molecule has 1 N–H and O–H groups in total. The minimum atomic E-state index is -0.0485. The molecule has 2 aromatic rings. The summed E-state index contributed by atoms with van der Waals surface area (Å²) in [6.07, 6.45) is 2.65. The lowest BCUT2D eigenvalue weighted by Crippen LogP contribution is -2.11. The van der Waals surface area contributed by atoms with Crippen LogP contribution in [0.1, 0.15) is 28.9 Å². The van der Waals surface area contributed by atoms with Gasteiger partial charge >= 0.3 is 0 Å². The zero-order chi connectivity index (χ0) is 18.0. The van der Waals surface area contributed by atoms with Crippen molar-refractivity contribution < 1.29 is 5.11 Å². The van der Waals surface area contributed by atoms with Crippen molar-refractivity contribution in [3.8, 4) is 23.3 Å². The summed E-state index contributed by atoms with van der Waals surface area (Å²) in [6, 6.07) is 11.7. The fourth-order valence-corrected chi connectivity index (χ4v) is 3.23. The van der Waals surface area contributed by atoms with E-state index in [-0.39, 0.29) is 6.61 Å². The predicted molar refractivity (Wildman–Crippen MR) is 96.0 cm³/mol. The highest BCUT2D eigenvalue weighted by atomic mass is 16.3. The second kappa shape index (κ2) is 6.76. The Bertz CT molecular complexity index is 963. The Morgan fingerprint density at radius 3 is 2.40 bits per heavy atom. The van der Waals surface area contributed by atoms with Crippen LogP contribution in [0.3, 0.4) is 0 Å². The highest BCUT2D eigenvalue weighted by Crippen LogP contribution is 2.32. The van der Waals surface area contributed by atoms with Gasteiger partial charge in [-0.2, -0.15) is 10.5 Å². The first-order chi connectivity index (χ1) is 12.1. The number of aliphatic hydroxyl groups is 1. The Morgan fingerprint density at radius 1 is 1.12 bits per heavy atom. The Morgan fingerprint density at radius 2 is 1.84 bits per heavy atom. The van der Waals surface area contributed by atoms with Crippen LogP contribution >= 0.6 is 0 Å². The molecular weight excluding hydrogens is 312 g/mol. The van der Waals surface area contributed by atoms with E-state index in [0.29, 0.717) is 23.4 Å². The van der Waals surface area contributed by atoms with Crippen LogP contribution in [0.25, 0.3) is 11.1 Å². The summed E-state index contributed by atoms with van der Waals surface area (Å²) in [4.78, 5) is 4.43. The second-order valence-electron chi connectivity index (χ2n) is 6.04. The van der Waals surface area contributed by atoms with Crippen LogP contribution in [0.4, 0.5) is 0 Å². The summed E-state index contributed by atoms with van der Waals surface area (Å²) in [7, 11) is 0. The van der Waals surface area contributed by atoms with Crippen LogP contribution in [0, 0.1) is 36.5 Å². The topological polar surface area (TPSA) is 85.1 Å². The second-order valence-corrected chi connectivity index (χ2v) is 6.04. The minimum absolute atomic E-state index is 0.0485. The van der Waals surface area contributed by atoms with E-state index in [4.69, 9.17) is 5.26 Å². The van der Waals surface area contributed by atoms with Gasteiger partial charge in [0.05, 0.1) is 36.0 Å². The third-order valence-electron chi connectivity index (χ3n) is 4.58. The summed E-state index contributed by atoms with van der Waals surface area (Å²) in [5, 5.41) is 27.8. The van der Waals surface area contributed by atoms with Crippen LogP contribution in [0.2, 0.25) is 0 Å². The maximum Gasteiger partial charge on any atom is 0.102 e. The van der Waals surface area contributed by atoms with Gasteiger partial charge in [-0.15, -0.1) is 0 Å². The van der Waals surface area contributed by atoms with Crippen molar-refractivity contribution in [1.82, 2.24) is 4.57 Å². The van der Waals surface area contributed by atoms with E-state index < -0.39 is 0 Å². The van der Waals surface area contributed by atoms with Gasteiger partial charge in [-0.1, -0.05) is 18.2 Å². The lowest BCUT2D eigenvalue weighted by molar-refractivity contribution is 0.330. The molecule has 5 heteroatoms. The number of nitriles is 2. The largest absolute Gasteiger partial charge is 0.390 e. The molecule has 0 radical (unpaired) electrons. The van der Waals surface area contributed by atoms with Gasteiger partial charge < -0.3 is 9.67 Å². The third kappa shape index (κ3) is 2.98. The molecule has 5 nitrogen and oxygen atoms in total. The number of aliphatic hydroxyl groups excluding tert-OH is 1. The number of aromatic nitrogens is 1. The van der Waals surface area contributed by atoms with Gasteiger partial charge in [0.25, 0.3) is 0 Å². The predicted octanol–water partition coefficient (Wildman–Crippen LogP) is 3.24. The van der Waals surface area contributed by atoms with Gasteiger partial charge in [0.1, 0.15) is 6.07 Å². The molecule has 124 valence electrons. The number of nitrogens with zero attached hydrogens (tertiary/aromatic N) is 4. The molecule has 1 aromatic heterocycles. The van der Waals surface area contributed by atoms with E-state index in [1.165, 1.54) is 0 Å². The minimum Gasteiger partial charge on any atom is -0.390 e. The van der Waals surface area contributed by atoms with Crippen molar-refractivity contribution in [2.45, 2.75) is 26.8 Å². The van der Waals surface area contributed by atoms with Crippen LogP contribution in [0.15, 0.2) is 41.0 Å². The fourth-order valence-electron chi connectivity index (χ4n) is 3.23. The average Bonchev–Trinajstić information content (AvgIpc) is 3.19. The van der Waals surface area contributed by atoms with E-state index in [1.807, 2.05) is 32.1 Å². The van der Waals surface area contributed by atoms with Gasteiger partial charge in [0, 0.05) is 29.1 Å². The van der Waals surface area contributed by atoms with Crippen molar-refractivity contribution in [3.63, 3.8) is 0 Å². The zero-order valence-electron chi connectivity index (χ0n) is 14.2. The molecule has 1 aliphatic rings. The van der Waals surface area contributed by atoms with Gasteiger partial charge in [-0.05, 0) is 31.5 Å². The lowest BCUT2D eigenvalue weighted by atomic mass is 10.0. The van der Waals surface area contributed by atoms with Gasteiger partial charge in [-0.3, -0.25) is 4.99 Å². The summed E-state index contributed by atoms with van der Waals surface area (Å²) < 4.78 is 2.10. The summed E-state index contributed by atoms with van der Waals surface area (Å²) in [5.74, 6) is 0. The molecule has 0 amide bonds. The number of hydrogen-bond donors (Lipinski definition) is 1. The molecule has 0 atom stereocenters. The first-order valence-corrected chi connectivity index (χ1v) is 8.05. The molecular formula is C20H18N4O. The van der Waals surface area contributed by atoms with Crippen molar-refractivity contribution in [2.24, 2.45) is 4.99 Å². The van der Waals surface area contributed by atoms with E-state index in [0.717, 1.165) is 34.6 Å². The Labute approximate surface area is 146 Å². The Balaban J connectivity index is 2.03. The Kier molecular flexibility index (Phi) is 4.52. The number of hydrogen-bond acceptors (Lipinski definition) is 4. The zero-order valence-corrected chi connectivity index (χ0v) is 14.2. The van der Waals surface area contributed by atoms with Gasteiger partial charge in [0.15, 0.2) is 0 Å². The van der Waals surface area contributed by atoms with E-state index in [2.05, 4.69) is 21.7 Å². The fraction of sp³-hybridized carbons (Fsp3) is 0.250. The Hall–Kier alpha value is -3.15. The molecule has 0 saturated carbocycles. The number of aliphatic imine (C=N–C) groups is 1. The quantitative estimate of drug-likeness (QED) is 0.934. The van der Waals surface area contributed by atoms with Crippen LogP contribution in [-0.4, -0.2) is 22.0 Å². The lowest BCUT2D eigenvalue weighted by Gasteiger charge is -2.10. The molecule has 1 aromatic carbocycles. The first-order valence-electron chi connectivity index (χ1n) is 8.05. The first kappa shape index (κ1) is 16.7. The molecule has 0 spiro atoms. The van der Waals surface area contributed by atoms with Crippen LogP contribution in [-0.2, 0) is 6.54 Å². The molecule has 2 heterocycles. The molecule has 1 aliphatic heterocycles. The van der Waals surface area contributed by atoms with Crippen molar-refractivity contribution >= 4 is 5.71 Å². The van der Waals surface area contributed by atoms with E-state index >= 15 is 0 Å². The molecule has 25 heavy (non-hydrogen) atoms. The smallest absolute Gasteiger partial charge is 0.102 e. The summed E-state index contributed by atoms with van der Waals surface area (Å²) >= 11 is 0. The normalized spacial score (nSPS) is 13.2. The maximum atomic E-state index is 9.65. The van der Waals surface area contributed by atoms with Crippen molar-refractivity contribution in [2.75, 3.05) is 6.61 Å². The summed E-state index contributed by atoms with van der Waals surface area (Å²) in [6.45, 7) is 4.49. The van der Waals surface area contributed by atoms with E-state index in [9.17, 15) is 10.4 Å². The number of rotatable bonds is 4. The number of benzene rings is 1. The third-order valence-corrected chi connectivity index (χ3v) is 4.58. The van der Waals surface area contributed by atoms with Gasteiger partial charge in [-0.25, -0.2) is 0 Å². The van der Waals surface area contributed by atoms with Crippen LogP contribution < -0.4 is 0 Å². The monoisotopic (exact) mass is 330 g/mol. The highest BCUT2D eigenvalue weighted by Gasteiger charge is 2.20. The molecule has 0 unspecified atom stereocenters. The molecule has 0 bridgehead atoms. The van der Waals surface area contributed by atoms with Crippen LogP contribution in [0.5, 0.6) is 0 Å². The summed E-state index contributed by atoms with van der Waals surface area (Å²) in [5.41, 5.74) is 6.65. The molecule has 0 fully saturated rings. The van der Waals surface area contributed by atoms with E-state index in [1.54, 1.807) is 12.1 Å². The molecule has 0 saturated heterocycles. The standard InChI is InChI=1S/C20H18N4O/c1-13-19(10-22)20(16-5-3-15(9-21)4-6-16)14(2)24(13)11-17-7-8-18(12-25)23-17/h3-6,8,25H,7,11-12H2,1-2H3. The van der Waals surface area contributed by atoms with Crippen molar-refractivity contribution in [3.05, 3.63) is 58.6 Å².